The summed E-state index contributed by atoms with van der Waals surface area (Å²) in [5.41, 5.74) is 2.69. The molecule has 0 saturated carbocycles. The first-order valence-corrected chi connectivity index (χ1v) is 14.2. The maximum absolute atomic E-state index is 8.52. The van der Waals surface area contributed by atoms with Gasteiger partial charge in [0.1, 0.15) is 11.5 Å². The molecule has 0 N–H and O–H groups in total. The van der Waals surface area contributed by atoms with E-state index >= 15 is 0 Å². The first-order valence-electron chi connectivity index (χ1n) is 12.9. The van der Waals surface area contributed by atoms with Crippen molar-refractivity contribution in [3.63, 3.8) is 0 Å². The molecule has 2 rings (SSSR count). The first-order chi connectivity index (χ1) is 16.3. The Labute approximate surface area is 264 Å². The van der Waals surface area contributed by atoms with Crippen molar-refractivity contribution in [3.05, 3.63) is 59.7 Å². The second-order valence-corrected chi connectivity index (χ2v) is 9.58. The van der Waals surface area contributed by atoms with Crippen LogP contribution in [0.5, 0.6) is 11.5 Å². The number of aryl methyl sites for hydroxylation is 2. The number of hydrogen-bond donors (Lipinski definition) is 0. The zero-order chi connectivity index (χ0) is 25.1. The molecule has 0 amide bonds. The fourth-order valence-electron chi connectivity index (χ4n) is 3.93. The predicted molar refractivity (Wildman–Crippen MR) is 138 cm³/mol. The van der Waals surface area contributed by atoms with Crippen LogP contribution in [0.1, 0.15) is 102 Å². The standard InChI is InChI=1S/C28H42O.2Na.H2O4S/c1-3-5-7-9-11-13-19-25-21-15-17-23-27(25)29-28-24-18-16-22-26(28)20-14-12-10-8-6-4-2;;;1-5(2,3)4/h15-18,21-24H,3-14,19-20H2,1-2H3;;;(H2,1,2,3,4)/q;2*+1;/p-2. The largest absolute Gasteiger partial charge is 1.00 e. The smallest absolute Gasteiger partial charge is 0.759 e. The third kappa shape index (κ3) is 21.1. The molecule has 8 heteroatoms. The molecule has 0 atom stereocenters. The normalized spacial score (nSPS) is 10.4. The molecule has 0 bridgehead atoms. The minimum Gasteiger partial charge on any atom is -0.759 e. The molecule has 0 unspecified atom stereocenters. The zero-order valence-electron chi connectivity index (χ0n) is 23.0. The molecule has 5 nitrogen and oxygen atoms in total. The molecule has 0 spiro atoms. The van der Waals surface area contributed by atoms with Gasteiger partial charge in [-0.15, -0.1) is 0 Å². The average Bonchev–Trinajstić information content (AvgIpc) is 2.79. The summed E-state index contributed by atoms with van der Waals surface area (Å²) in [6.45, 7) is 4.55. The molecule has 0 aliphatic heterocycles. The first kappa shape index (κ1) is 38.3. The Balaban J connectivity index is 0. The van der Waals surface area contributed by atoms with Gasteiger partial charge in [0.15, 0.2) is 0 Å². The second-order valence-electron chi connectivity index (χ2n) is 8.76. The van der Waals surface area contributed by atoms with E-state index in [4.69, 9.17) is 22.3 Å². The van der Waals surface area contributed by atoms with Crippen LogP contribution in [-0.2, 0) is 23.2 Å². The Morgan fingerprint density at radius 1 is 0.583 bits per heavy atom. The topological polar surface area (TPSA) is 89.5 Å². The zero-order valence-corrected chi connectivity index (χ0v) is 27.8. The molecule has 0 aliphatic rings. The van der Waals surface area contributed by atoms with E-state index in [-0.39, 0.29) is 59.1 Å². The van der Waals surface area contributed by atoms with Gasteiger partial charge in [-0.2, -0.15) is 0 Å². The fourth-order valence-corrected chi connectivity index (χ4v) is 3.93. The van der Waals surface area contributed by atoms with Crippen LogP contribution >= 0.6 is 0 Å². The van der Waals surface area contributed by atoms with Gasteiger partial charge >= 0.3 is 59.1 Å². The van der Waals surface area contributed by atoms with E-state index in [0.717, 1.165) is 24.3 Å². The van der Waals surface area contributed by atoms with Crippen molar-refractivity contribution in [1.29, 1.82) is 0 Å². The van der Waals surface area contributed by atoms with Crippen molar-refractivity contribution in [3.8, 4) is 11.5 Å². The van der Waals surface area contributed by atoms with Gasteiger partial charge in [0.05, 0.1) is 0 Å². The van der Waals surface area contributed by atoms with Gasteiger partial charge in [-0.3, -0.25) is 8.42 Å². The van der Waals surface area contributed by atoms with Crippen molar-refractivity contribution in [2.75, 3.05) is 0 Å². The Kier molecular flexibility index (Phi) is 25.7. The number of benzene rings is 2. The van der Waals surface area contributed by atoms with Crippen LogP contribution < -0.4 is 63.9 Å². The van der Waals surface area contributed by atoms with Crippen molar-refractivity contribution < 1.29 is 81.4 Å². The monoisotopic (exact) mass is 536 g/mol. The Morgan fingerprint density at radius 3 is 1.25 bits per heavy atom. The average molecular weight is 537 g/mol. The van der Waals surface area contributed by atoms with Crippen molar-refractivity contribution in [1.82, 2.24) is 0 Å². The van der Waals surface area contributed by atoms with E-state index in [0.29, 0.717) is 0 Å². The molecule has 0 fully saturated rings. The van der Waals surface area contributed by atoms with E-state index in [1.165, 1.54) is 88.2 Å². The van der Waals surface area contributed by atoms with Crippen LogP contribution in [0, 0.1) is 0 Å². The number of unbranched alkanes of at least 4 members (excludes halogenated alkanes) is 10. The minimum atomic E-state index is -5.17. The van der Waals surface area contributed by atoms with Crippen molar-refractivity contribution in [2.24, 2.45) is 0 Å². The Hall–Kier alpha value is 0.110. The van der Waals surface area contributed by atoms with E-state index in [9.17, 15) is 0 Å². The molecule has 0 saturated heterocycles. The van der Waals surface area contributed by atoms with E-state index in [1.807, 2.05) is 0 Å². The predicted octanol–water partition coefficient (Wildman–Crippen LogP) is 1.95. The van der Waals surface area contributed by atoms with Crippen LogP contribution in [-0.4, -0.2) is 17.5 Å². The second kappa shape index (κ2) is 24.2. The summed E-state index contributed by atoms with van der Waals surface area (Å²) in [7, 11) is -5.17. The molecular formula is C28H42Na2O5S. The van der Waals surface area contributed by atoms with Gasteiger partial charge in [-0.1, -0.05) is 114 Å². The number of ether oxygens (including phenoxy) is 1. The van der Waals surface area contributed by atoms with Crippen LogP contribution in [0.25, 0.3) is 0 Å². The third-order valence-corrected chi connectivity index (χ3v) is 5.76. The van der Waals surface area contributed by atoms with Gasteiger partial charge in [0.25, 0.3) is 0 Å². The molecule has 192 valence electrons. The van der Waals surface area contributed by atoms with Crippen LogP contribution in [0.2, 0.25) is 0 Å². The molecule has 0 aromatic heterocycles. The molecule has 0 aliphatic carbocycles. The molecular weight excluding hydrogens is 494 g/mol. The number of rotatable bonds is 16. The van der Waals surface area contributed by atoms with Gasteiger partial charge in [-0.25, -0.2) is 0 Å². The Bertz CT molecular complexity index is 826. The summed E-state index contributed by atoms with van der Waals surface area (Å²) in [5, 5.41) is 0. The van der Waals surface area contributed by atoms with Gasteiger partial charge in [0, 0.05) is 10.4 Å². The van der Waals surface area contributed by atoms with Gasteiger partial charge in [0.2, 0.25) is 0 Å². The van der Waals surface area contributed by atoms with Crippen molar-refractivity contribution in [2.45, 2.75) is 104 Å². The fraction of sp³-hybridized carbons (Fsp3) is 0.571. The summed E-state index contributed by atoms with van der Waals surface area (Å²) in [6, 6.07) is 17.2. The SMILES string of the molecule is CCCCCCCCc1ccccc1Oc1ccccc1CCCCCCCC.O=S(=O)([O-])[O-].[Na+].[Na+]. The molecule has 0 radical (unpaired) electrons. The van der Waals surface area contributed by atoms with Crippen LogP contribution in [0.3, 0.4) is 0 Å². The maximum atomic E-state index is 8.52. The molecule has 0 heterocycles. The summed E-state index contributed by atoms with van der Waals surface area (Å²) in [6.07, 6.45) is 18.2. The quantitative estimate of drug-likeness (QED) is 0.142. The summed E-state index contributed by atoms with van der Waals surface area (Å²) in [4.78, 5) is 0. The summed E-state index contributed by atoms with van der Waals surface area (Å²) >= 11 is 0. The summed E-state index contributed by atoms with van der Waals surface area (Å²) in [5.74, 6) is 2.08. The number of para-hydroxylation sites is 2. The van der Waals surface area contributed by atoms with E-state index < -0.39 is 10.4 Å². The van der Waals surface area contributed by atoms with E-state index in [1.54, 1.807) is 0 Å². The summed E-state index contributed by atoms with van der Waals surface area (Å²) < 4.78 is 40.5. The molecule has 2 aromatic carbocycles. The van der Waals surface area contributed by atoms with Gasteiger partial charge in [-0.05, 0) is 48.9 Å². The van der Waals surface area contributed by atoms with Crippen LogP contribution in [0.4, 0.5) is 0 Å². The van der Waals surface area contributed by atoms with E-state index in [2.05, 4.69) is 62.4 Å². The van der Waals surface area contributed by atoms with Gasteiger partial charge < -0.3 is 13.8 Å². The Morgan fingerprint density at radius 2 is 0.889 bits per heavy atom. The minimum absolute atomic E-state index is 0. The van der Waals surface area contributed by atoms with Crippen molar-refractivity contribution >= 4 is 10.4 Å². The van der Waals surface area contributed by atoms with Crippen LogP contribution in [0.15, 0.2) is 48.5 Å². The third-order valence-electron chi connectivity index (χ3n) is 5.76. The molecule has 36 heavy (non-hydrogen) atoms. The molecule has 2 aromatic rings. The maximum Gasteiger partial charge on any atom is 1.00 e. The number of hydrogen-bond acceptors (Lipinski definition) is 5.